The number of benzene rings is 2. The predicted octanol–water partition coefficient (Wildman–Crippen LogP) is 3.97. The molecule has 1 aliphatic heterocycles. The van der Waals surface area contributed by atoms with Gasteiger partial charge in [-0.15, -0.1) is 0 Å². The van der Waals surface area contributed by atoms with Crippen molar-refractivity contribution in [2.24, 2.45) is 5.92 Å². The Morgan fingerprint density at radius 2 is 1.83 bits per heavy atom. The summed E-state index contributed by atoms with van der Waals surface area (Å²) in [5.41, 5.74) is 1.64. The average molecular weight is 412 g/mol. The lowest BCUT2D eigenvalue weighted by Gasteiger charge is -2.32. The van der Waals surface area contributed by atoms with Gasteiger partial charge in [-0.2, -0.15) is 0 Å². The van der Waals surface area contributed by atoms with Crippen LogP contribution in [-0.4, -0.2) is 37.1 Å². The highest BCUT2D eigenvalue weighted by Gasteiger charge is 2.25. The van der Waals surface area contributed by atoms with Crippen LogP contribution >= 0.6 is 0 Å². The summed E-state index contributed by atoms with van der Waals surface area (Å²) in [5, 5.41) is 11.6. The van der Waals surface area contributed by atoms with E-state index in [9.17, 15) is 19.7 Å². The molecule has 0 spiro atoms. The number of hydrogen-bond acceptors (Lipinski definition) is 7. The second-order valence-electron chi connectivity index (χ2n) is 7.42. The van der Waals surface area contributed by atoms with E-state index < -0.39 is 16.9 Å². The topological polar surface area (TPSA) is 99.0 Å². The summed E-state index contributed by atoms with van der Waals surface area (Å²) >= 11 is 0. The molecule has 2 aromatic rings. The molecule has 0 aliphatic carbocycles. The van der Waals surface area contributed by atoms with Crippen molar-refractivity contribution >= 4 is 23.3 Å². The lowest BCUT2D eigenvalue weighted by molar-refractivity contribution is -0.384. The Labute approximate surface area is 174 Å². The van der Waals surface area contributed by atoms with Gasteiger partial charge in [0.15, 0.2) is 0 Å². The first-order valence-electron chi connectivity index (χ1n) is 9.77. The molecule has 1 fully saturated rings. The van der Waals surface area contributed by atoms with Crippen LogP contribution in [0, 0.1) is 16.0 Å². The van der Waals surface area contributed by atoms with Gasteiger partial charge in [0.1, 0.15) is 12.3 Å². The van der Waals surface area contributed by atoms with Gasteiger partial charge in [0.05, 0.1) is 23.2 Å². The van der Waals surface area contributed by atoms with E-state index >= 15 is 0 Å². The minimum absolute atomic E-state index is 0.0144. The normalized spacial score (nSPS) is 16.1. The van der Waals surface area contributed by atoms with E-state index in [1.54, 1.807) is 36.4 Å². The molecule has 8 heteroatoms. The van der Waals surface area contributed by atoms with Crippen LogP contribution in [0.5, 0.6) is 0 Å². The molecule has 30 heavy (non-hydrogen) atoms. The standard InChI is InChI=1S/C22H24N2O6/c1-15-4-3-11-23(13-15)19-10-9-18(12-20(19)24(27)28)22(26)30-14-16-5-7-17(8-6-16)21(25)29-2/h5-10,12,15H,3-4,11,13-14H2,1-2H3. The third kappa shape index (κ3) is 4.94. The Morgan fingerprint density at radius 3 is 2.47 bits per heavy atom. The fourth-order valence-electron chi connectivity index (χ4n) is 3.56. The number of carbonyl (C=O) groups excluding carboxylic acids is 2. The van der Waals surface area contributed by atoms with Crippen LogP contribution in [0.1, 0.15) is 46.0 Å². The first kappa shape index (κ1) is 21.3. The number of hydrogen-bond donors (Lipinski definition) is 0. The highest BCUT2D eigenvalue weighted by Crippen LogP contribution is 2.32. The molecule has 1 unspecified atom stereocenters. The van der Waals surface area contributed by atoms with E-state index in [1.165, 1.54) is 13.2 Å². The molecule has 1 heterocycles. The van der Waals surface area contributed by atoms with Crippen molar-refractivity contribution in [3.8, 4) is 0 Å². The van der Waals surface area contributed by atoms with E-state index in [-0.39, 0.29) is 17.9 Å². The summed E-state index contributed by atoms with van der Waals surface area (Å²) in [6, 6.07) is 10.9. The van der Waals surface area contributed by atoms with Gasteiger partial charge >= 0.3 is 11.9 Å². The summed E-state index contributed by atoms with van der Waals surface area (Å²) in [5.74, 6) is -0.628. The van der Waals surface area contributed by atoms with Gasteiger partial charge in [-0.25, -0.2) is 9.59 Å². The highest BCUT2D eigenvalue weighted by molar-refractivity contribution is 5.91. The first-order chi connectivity index (χ1) is 14.4. The molecular formula is C22H24N2O6. The highest BCUT2D eigenvalue weighted by atomic mass is 16.6. The minimum atomic E-state index is -0.645. The second kappa shape index (κ2) is 9.39. The molecule has 0 N–H and O–H groups in total. The second-order valence-corrected chi connectivity index (χ2v) is 7.42. The maximum Gasteiger partial charge on any atom is 0.338 e. The molecule has 1 saturated heterocycles. The molecular weight excluding hydrogens is 388 g/mol. The smallest absolute Gasteiger partial charge is 0.338 e. The number of esters is 2. The molecule has 0 radical (unpaired) electrons. The molecule has 8 nitrogen and oxygen atoms in total. The number of rotatable bonds is 6. The Bertz CT molecular complexity index is 941. The molecule has 0 saturated carbocycles. The summed E-state index contributed by atoms with van der Waals surface area (Å²) in [6.07, 6.45) is 2.09. The van der Waals surface area contributed by atoms with E-state index in [0.29, 0.717) is 22.7 Å². The van der Waals surface area contributed by atoms with Gasteiger partial charge in [-0.3, -0.25) is 10.1 Å². The van der Waals surface area contributed by atoms with Crippen molar-refractivity contribution < 1.29 is 24.0 Å². The first-order valence-corrected chi connectivity index (χ1v) is 9.77. The van der Waals surface area contributed by atoms with Crippen LogP contribution in [-0.2, 0) is 16.1 Å². The summed E-state index contributed by atoms with van der Waals surface area (Å²) in [7, 11) is 1.30. The number of nitrogens with zero attached hydrogens (tertiary/aromatic N) is 2. The van der Waals surface area contributed by atoms with Crippen molar-refractivity contribution in [3.05, 3.63) is 69.3 Å². The molecule has 1 aliphatic rings. The van der Waals surface area contributed by atoms with Crippen LogP contribution in [0.25, 0.3) is 0 Å². The molecule has 0 amide bonds. The van der Waals surface area contributed by atoms with Gasteiger partial charge in [-0.05, 0) is 48.6 Å². The van der Waals surface area contributed by atoms with Gasteiger partial charge < -0.3 is 14.4 Å². The van der Waals surface area contributed by atoms with Crippen molar-refractivity contribution in [1.29, 1.82) is 0 Å². The monoisotopic (exact) mass is 412 g/mol. The Morgan fingerprint density at radius 1 is 1.13 bits per heavy atom. The number of carbonyl (C=O) groups is 2. The lowest BCUT2D eigenvalue weighted by atomic mass is 9.99. The van der Waals surface area contributed by atoms with Gasteiger partial charge in [0.2, 0.25) is 0 Å². The van der Waals surface area contributed by atoms with Gasteiger partial charge in [0, 0.05) is 19.2 Å². The van der Waals surface area contributed by atoms with E-state index in [4.69, 9.17) is 4.74 Å². The molecule has 158 valence electrons. The Kier molecular flexibility index (Phi) is 6.66. The third-order valence-electron chi connectivity index (χ3n) is 5.15. The maximum absolute atomic E-state index is 12.4. The van der Waals surface area contributed by atoms with Gasteiger partial charge in [0.25, 0.3) is 5.69 Å². The van der Waals surface area contributed by atoms with Crippen LogP contribution in [0.2, 0.25) is 0 Å². The van der Waals surface area contributed by atoms with Crippen LogP contribution in [0.3, 0.4) is 0 Å². The third-order valence-corrected chi connectivity index (χ3v) is 5.15. The van der Waals surface area contributed by atoms with E-state index in [0.717, 1.165) is 25.9 Å². The van der Waals surface area contributed by atoms with Crippen LogP contribution in [0.4, 0.5) is 11.4 Å². The van der Waals surface area contributed by atoms with Crippen molar-refractivity contribution in [2.45, 2.75) is 26.4 Å². The Hall–Kier alpha value is -3.42. The molecule has 2 aromatic carbocycles. The van der Waals surface area contributed by atoms with Crippen molar-refractivity contribution in [3.63, 3.8) is 0 Å². The minimum Gasteiger partial charge on any atom is -0.465 e. The SMILES string of the molecule is COC(=O)c1ccc(COC(=O)c2ccc(N3CCCC(C)C3)c([N+](=O)[O-])c2)cc1. The number of nitro groups is 1. The quantitative estimate of drug-likeness (QED) is 0.402. The number of ether oxygens (including phenoxy) is 2. The van der Waals surface area contributed by atoms with E-state index in [2.05, 4.69) is 11.7 Å². The molecule has 1 atom stereocenters. The summed E-state index contributed by atoms with van der Waals surface area (Å²) in [4.78, 5) is 37.0. The van der Waals surface area contributed by atoms with Crippen LogP contribution in [0.15, 0.2) is 42.5 Å². The Balaban J connectivity index is 1.70. The summed E-state index contributed by atoms with van der Waals surface area (Å²) < 4.78 is 9.93. The van der Waals surface area contributed by atoms with Gasteiger partial charge in [-0.1, -0.05) is 19.1 Å². The number of anilines is 1. The zero-order chi connectivity index (χ0) is 21.7. The number of piperidine rings is 1. The molecule has 3 rings (SSSR count). The maximum atomic E-state index is 12.4. The summed E-state index contributed by atoms with van der Waals surface area (Å²) in [6.45, 7) is 3.63. The van der Waals surface area contributed by atoms with Crippen molar-refractivity contribution in [2.75, 3.05) is 25.1 Å². The van der Waals surface area contributed by atoms with Crippen molar-refractivity contribution in [1.82, 2.24) is 0 Å². The predicted molar refractivity (Wildman–Crippen MR) is 111 cm³/mol. The van der Waals surface area contributed by atoms with E-state index in [1.807, 2.05) is 4.90 Å². The molecule has 0 bridgehead atoms. The fraction of sp³-hybridized carbons (Fsp3) is 0.364. The molecule has 0 aromatic heterocycles. The fourth-order valence-corrected chi connectivity index (χ4v) is 3.56. The zero-order valence-corrected chi connectivity index (χ0v) is 17.0. The lowest BCUT2D eigenvalue weighted by Crippen LogP contribution is -2.34. The number of methoxy groups -OCH3 is 1. The van der Waals surface area contributed by atoms with Crippen LogP contribution < -0.4 is 4.90 Å². The number of nitro benzene ring substituents is 1. The largest absolute Gasteiger partial charge is 0.465 e. The average Bonchev–Trinajstić information content (AvgIpc) is 2.76. The zero-order valence-electron chi connectivity index (χ0n) is 17.0.